The molecule has 2 aliphatic rings. The number of hydrogen-bond donors (Lipinski definition) is 0. The van der Waals surface area contributed by atoms with Gasteiger partial charge in [-0.2, -0.15) is 0 Å². The Labute approximate surface area is 373 Å². The molecule has 1 unspecified atom stereocenters. The maximum atomic E-state index is 2.61. The largest absolute Gasteiger partial charge is 0.314 e. The van der Waals surface area contributed by atoms with Crippen LogP contribution in [0.5, 0.6) is 0 Å². The fraction of sp³-hybridized carbons (Fsp3) is 0.167. The Morgan fingerprint density at radius 3 is 1.81 bits per heavy atom. The average Bonchev–Trinajstić information content (AvgIpc) is 4.01. The average molecular weight is 827 g/mol. The molecule has 7 aromatic carbocycles. The third kappa shape index (κ3) is 5.17. The van der Waals surface area contributed by atoms with Crippen molar-refractivity contribution in [1.29, 1.82) is 0 Å². The number of nitrogens with zero attached hydrogens (tertiary/aromatic N) is 4. The van der Waals surface area contributed by atoms with Gasteiger partial charge in [-0.05, 0) is 137 Å². The lowest BCUT2D eigenvalue weighted by Crippen LogP contribution is -2.37. The van der Waals surface area contributed by atoms with Crippen molar-refractivity contribution >= 4 is 99.8 Å². The van der Waals surface area contributed by atoms with E-state index in [1.165, 1.54) is 138 Å². The number of anilines is 4. The Balaban J connectivity index is 1.10. The predicted molar refractivity (Wildman–Crippen MR) is 273 cm³/mol. The number of hydrogen-bond acceptors (Lipinski definition) is 2. The highest BCUT2D eigenvalue weighted by molar-refractivity contribution is 6.28. The lowest BCUT2D eigenvalue weighted by atomic mass is 9.93. The van der Waals surface area contributed by atoms with Gasteiger partial charge in [0.15, 0.2) is 0 Å². The molecule has 13 rings (SSSR count). The molecule has 11 aromatic rings. The third-order valence-corrected chi connectivity index (χ3v) is 14.4. The first-order valence-electron chi connectivity index (χ1n) is 23.0. The monoisotopic (exact) mass is 826 g/mol. The van der Waals surface area contributed by atoms with Crippen LogP contribution in [-0.2, 0) is 0 Å². The van der Waals surface area contributed by atoms with E-state index >= 15 is 0 Å². The summed E-state index contributed by atoms with van der Waals surface area (Å²) in [4.78, 5) is 5.09. The van der Waals surface area contributed by atoms with E-state index in [1.54, 1.807) is 0 Å². The first kappa shape index (κ1) is 37.3. The minimum atomic E-state index is 0.486. The summed E-state index contributed by atoms with van der Waals surface area (Å²) in [6.45, 7) is 13.5. The molecule has 0 saturated heterocycles. The maximum Gasteiger partial charge on any atom is 0.0621 e. The van der Waals surface area contributed by atoms with E-state index in [9.17, 15) is 0 Å². The maximum absolute atomic E-state index is 2.61. The highest BCUT2D eigenvalue weighted by Crippen LogP contribution is 2.48. The van der Waals surface area contributed by atoms with Gasteiger partial charge in [0.2, 0.25) is 0 Å². The molecule has 0 saturated carbocycles. The summed E-state index contributed by atoms with van der Waals surface area (Å²) in [6, 6.07) is 50.5. The fourth-order valence-corrected chi connectivity index (χ4v) is 12.1. The first-order chi connectivity index (χ1) is 31.2. The van der Waals surface area contributed by atoms with Crippen molar-refractivity contribution in [2.45, 2.75) is 60.8 Å². The van der Waals surface area contributed by atoms with E-state index in [-0.39, 0.29) is 0 Å². The Kier molecular flexibility index (Phi) is 7.92. The zero-order chi connectivity index (χ0) is 43.1. The van der Waals surface area contributed by atoms with Gasteiger partial charge in [-0.1, -0.05) is 110 Å². The summed E-state index contributed by atoms with van der Waals surface area (Å²) in [5, 5.41) is 11.8. The van der Waals surface area contributed by atoms with Crippen molar-refractivity contribution in [3.05, 3.63) is 190 Å². The van der Waals surface area contributed by atoms with Crippen LogP contribution in [0.25, 0.3) is 77.1 Å². The van der Waals surface area contributed by atoms with Crippen LogP contribution in [0.3, 0.4) is 0 Å². The zero-order valence-electron chi connectivity index (χ0n) is 37.4. The number of aromatic nitrogens is 2. The molecule has 0 fully saturated rings. The van der Waals surface area contributed by atoms with Gasteiger partial charge in [-0.15, -0.1) is 0 Å². The SMILES string of the molecule is CC1=CC(N(C2=c3c(n4c5cc6c7cccc8c9c(N(c%10cc(C)cc(C)c%10)c%10ccccc%10C)cccc9n(c6cc5c5cccc3c54)c78)=CCC2)c2ccccc2C)=CC(C)C1. The Hall–Kier alpha value is -7.30. The predicted octanol–water partition coefficient (Wildman–Crippen LogP) is 14.6. The summed E-state index contributed by atoms with van der Waals surface area (Å²) in [6.07, 6.45) is 10.5. The van der Waals surface area contributed by atoms with Crippen molar-refractivity contribution in [2.24, 2.45) is 5.92 Å². The summed E-state index contributed by atoms with van der Waals surface area (Å²) in [7, 11) is 0. The summed E-state index contributed by atoms with van der Waals surface area (Å²) >= 11 is 0. The number of para-hydroxylation sites is 4. The minimum absolute atomic E-state index is 0.486. The summed E-state index contributed by atoms with van der Waals surface area (Å²) in [5.74, 6) is 0.486. The van der Waals surface area contributed by atoms with Crippen LogP contribution in [0.4, 0.5) is 22.7 Å². The molecule has 4 heteroatoms. The standard InChI is InChI=1S/C60H50N4/c1-35-27-36(2)30-41(29-35)61(49-21-9-7-15-39(49)5)51-23-13-25-53-57(51)45-19-11-17-43-47-34-56-48(33-55(47)63(53)59(43)45)44-18-12-20-46-58-52(24-14-26-54(58)64(56)60(44)46)62(50-22-10-8-16-40(50)6)42-31-37(3)28-38(4)32-42/h7-13,15-23,25-27,29-34,37H,14,24,28H2,1-6H3. The molecule has 0 spiro atoms. The second-order valence-electron chi connectivity index (χ2n) is 18.9. The number of rotatable bonds is 6. The molecule has 0 aliphatic heterocycles. The lowest BCUT2D eigenvalue weighted by molar-refractivity contribution is 0.696. The normalized spacial score (nSPS) is 15.6. The second-order valence-corrected chi connectivity index (χ2v) is 18.9. The van der Waals surface area contributed by atoms with Crippen molar-refractivity contribution in [1.82, 2.24) is 8.80 Å². The van der Waals surface area contributed by atoms with Crippen LogP contribution in [0.2, 0.25) is 0 Å². The van der Waals surface area contributed by atoms with Crippen molar-refractivity contribution in [3.63, 3.8) is 0 Å². The molecule has 4 nitrogen and oxygen atoms in total. The van der Waals surface area contributed by atoms with Gasteiger partial charge in [0.1, 0.15) is 0 Å². The Bertz CT molecular complexity index is 3940. The molecule has 4 aromatic heterocycles. The molecule has 0 bridgehead atoms. The molecule has 64 heavy (non-hydrogen) atoms. The van der Waals surface area contributed by atoms with Crippen molar-refractivity contribution in [2.75, 3.05) is 9.80 Å². The van der Waals surface area contributed by atoms with E-state index < -0.39 is 0 Å². The van der Waals surface area contributed by atoms with Crippen LogP contribution in [0.15, 0.2) is 157 Å². The van der Waals surface area contributed by atoms with Gasteiger partial charge in [-0.25, -0.2) is 0 Å². The topological polar surface area (TPSA) is 15.3 Å². The quantitative estimate of drug-likeness (QED) is 0.166. The van der Waals surface area contributed by atoms with Crippen LogP contribution < -0.4 is 20.4 Å². The van der Waals surface area contributed by atoms with Crippen LogP contribution in [-0.4, -0.2) is 8.80 Å². The number of fused-ring (bicyclic) bond motifs is 12. The van der Waals surface area contributed by atoms with E-state index in [1.807, 2.05) is 0 Å². The Morgan fingerprint density at radius 1 is 0.531 bits per heavy atom. The molecule has 1 atom stereocenters. The summed E-state index contributed by atoms with van der Waals surface area (Å²) < 4.78 is 5.17. The van der Waals surface area contributed by atoms with E-state index in [2.05, 4.69) is 212 Å². The smallest absolute Gasteiger partial charge is 0.0621 e. The molecule has 0 N–H and O–H groups in total. The number of aryl methyl sites for hydroxylation is 4. The van der Waals surface area contributed by atoms with Gasteiger partial charge in [0, 0.05) is 71.4 Å². The molecule has 0 radical (unpaired) electrons. The third-order valence-electron chi connectivity index (χ3n) is 14.4. The highest BCUT2D eigenvalue weighted by atomic mass is 15.2. The molecular weight excluding hydrogens is 777 g/mol. The van der Waals surface area contributed by atoms with Gasteiger partial charge in [0.05, 0.1) is 38.6 Å². The number of benzene rings is 7. The number of allylic oxidation sites excluding steroid dienone is 3. The van der Waals surface area contributed by atoms with Gasteiger partial charge < -0.3 is 18.6 Å². The van der Waals surface area contributed by atoms with Crippen LogP contribution in [0, 0.1) is 33.6 Å². The molecular formula is C60H50N4. The molecule has 310 valence electrons. The van der Waals surface area contributed by atoms with E-state index in [0.717, 1.165) is 19.3 Å². The Morgan fingerprint density at radius 2 is 1.12 bits per heavy atom. The second kappa shape index (κ2) is 13.6. The lowest BCUT2D eigenvalue weighted by Gasteiger charge is -2.33. The molecule has 0 amide bonds. The van der Waals surface area contributed by atoms with Gasteiger partial charge in [-0.3, -0.25) is 0 Å². The van der Waals surface area contributed by atoms with E-state index in [0.29, 0.717) is 5.92 Å². The molecule has 4 heterocycles. The summed E-state index contributed by atoms with van der Waals surface area (Å²) in [5.41, 5.74) is 20.4. The minimum Gasteiger partial charge on any atom is -0.314 e. The first-order valence-corrected chi connectivity index (χ1v) is 23.0. The van der Waals surface area contributed by atoms with Crippen molar-refractivity contribution < 1.29 is 0 Å². The van der Waals surface area contributed by atoms with Crippen molar-refractivity contribution in [3.8, 4) is 0 Å². The fourth-order valence-electron chi connectivity index (χ4n) is 12.1. The van der Waals surface area contributed by atoms with E-state index in [4.69, 9.17) is 0 Å². The molecule has 2 aliphatic carbocycles. The highest BCUT2D eigenvalue weighted by Gasteiger charge is 2.28. The van der Waals surface area contributed by atoms with Gasteiger partial charge >= 0.3 is 0 Å². The van der Waals surface area contributed by atoms with Crippen LogP contribution in [0.1, 0.15) is 55.4 Å². The zero-order valence-corrected chi connectivity index (χ0v) is 37.4. The van der Waals surface area contributed by atoms with Gasteiger partial charge in [0.25, 0.3) is 0 Å². The van der Waals surface area contributed by atoms with Crippen LogP contribution >= 0.6 is 0 Å².